The minimum absolute atomic E-state index is 0.149. The predicted molar refractivity (Wildman–Crippen MR) is 64.3 cm³/mol. The Hall–Kier alpha value is -2.49. The summed E-state index contributed by atoms with van der Waals surface area (Å²) in [5.74, 6) is -0.512. The highest BCUT2D eigenvalue weighted by Gasteiger charge is 2.18. The van der Waals surface area contributed by atoms with Crippen LogP contribution in [0.2, 0.25) is 0 Å². The molecule has 0 unspecified atom stereocenters. The zero-order chi connectivity index (χ0) is 13.3. The third-order valence-electron chi connectivity index (χ3n) is 2.10. The Bertz CT molecular complexity index is 618. The molecule has 9 nitrogen and oxygen atoms in total. The number of hydrogen-bond acceptors (Lipinski definition) is 7. The summed E-state index contributed by atoms with van der Waals surface area (Å²) in [6.45, 7) is 0. The van der Waals surface area contributed by atoms with Crippen LogP contribution in [0.3, 0.4) is 0 Å². The van der Waals surface area contributed by atoms with Gasteiger partial charge < -0.3 is 10.3 Å². The van der Waals surface area contributed by atoms with E-state index in [0.29, 0.717) is 0 Å². The molecule has 0 saturated heterocycles. The molecule has 0 aromatic carbocycles. The van der Waals surface area contributed by atoms with Crippen molar-refractivity contribution in [2.45, 2.75) is 0 Å². The van der Waals surface area contributed by atoms with Crippen molar-refractivity contribution in [1.29, 1.82) is 0 Å². The summed E-state index contributed by atoms with van der Waals surface area (Å²) in [7, 11) is 1.54. The summed E-state index contributed by atoms with van der Waals surface area (Å²) in [5.41, 5.74) is 5.36. The van der Waals surface area contributed by atoms with Gasteiger partial charge in [-0.1, -0.05) is 11.3 Å². The van der Waals surface area contributed by atoms with Crippen LogP contribution in [0.25, 0.3) is 0 Å². The fourth-order valence-corrected chi connectivity index (χ4v) is 1.82. The lowest BCUT2D eigenvalue weighted by Crippen LogP contribution is -2.15. The van der Waals surface area contributed by atoms with E-state index in [2.05, 4.69) is 15.5 Å². The molecule has 0 aliphatic heterocycles. The quantitative estimate of drug-likeness (QED) is 0.620. The molecule has 0 radical (unpaired) electrons. The van der Waals surface area contributed by atoms with Crippen LogP contribution < -0.4 is 11.1 Å². The van der Waals surface area contributed by atoms with E-state index in [1.165, 1.54) is 23.9 Å². The monoisotopic (exact) mass is 268 g/mol. The molecule has 0 fully saturated rings. The zero-order valence-electron chi connectivity index (χ0n) is 9.15. The second kappa shape index (κ2) is 4.41. The van der Waals surface area contributed by atoms with Gasteiger partial charge in [0.15, 0.2) is 0 Å². The van der Waals surface area contributed by atoms with Crippen LogP contribution in [0.15, 0.2) is 12.3 Å². The van der Waals surface area contributed by atoms with Gasteiger partial charge >= 0.3 is 0 Å². The van der Waals surface area contributed by atoms with Gasteiger partial charge in [-0.05, 0) is 0 Å². The van der Waals surface area contributed by atoms with E-state index < -0.39 is 10.8 Å². The van der Waals surface area contributed by atoms with Crippen LogP contribution in [0, 0.1) is 10.1 Å². The third-order valence-corrected chi connectivity index (χ3v) is 2.76. The first-order valence-electron chi connectivity index (χ1n) is 4.68. The van der Waals surface area contributed by atoms with Crippen molar-refractivity contribution >= 4 is 33.2 Å². The average molecular weight is 268 g/mol. The number of nitrogens with two attached hydrogens (primary N) is 1. The molecular weight excluding hydrogens is 260 g/mol. The highest BCUT2D eigenvalue weighted by atomic mass is 32.1. The maximum atomic E-state index is 11.8. The molecule has 3 N–H and O–H groups in total. The van der Waals surface area contributed by atoms with Gasteiger partial charge in [0.2, 0.25) is 10.3 Å². The van der Waals surface area contributed by atoms with Gasteiger partial charge in [-0.15, -0.1) is 10.2 Å². The molecule has 10 heteroatoms. The van der Waals surface area contributed by atoms with Gasteiger partial charge in [0, 0.05) is 13.1 Å². The van der Waals surface area contributed by atoms with E-state index in [1.54, 1.807) is 0 Å². The van der Waals surface area contributed by atoms with Crippen LogP contribution >= 0.6 is 11.3 Å². The average Bonchev–Trinajstić information content (AvgIpc) is 2.85. The summed E-state index contributed by atoms with van der Waals surface area (Å²) < 4.78 is 1.36. The number of nitrogens with zero attached hydrogens (tertiary/aromatic N) is 4. The molecular formula is C8H8N6O3S. The van der Waals surface area contributed by atoms with Crippen molar-refractivity contribution < 1.29 is 9.72 Å². The van der Waals surface area contributed by atoms with Gasteiger partial charge in [-0.25, -0.2) is 0 Å². The summed E-state index contributed by atoms with van der Waals surface area (Å²) >= 11 is 1.01. The van der Waals surface area contributed by atoms with E-state index in [0.717, 1.165) is 11.3 Å². The fraction of sp³-hybridized carbons (Fsp3) is 0.125. The van der Waals surface area contributed by atoms with Gasteiger partial charge in [0.05, 0.1) is 11.1 Å². The minimum Gasteiger partial charge on any atom is -0.374 e. The van der Waals surface area contributed by atoms with Gasteiger partial charge in [0.1, 0.15) is 5.69 Å². The predicted octanol–water partition coefficient (Wildman–Crippen LogP) is 0.619. The van der Waals surface area contributed by atoms with Crippen molar-refractivity contribution in [2.75, 3.05) is 11.1 Å². The van der Waals surface area contributed by atoms with Crippen LogP contribution in [0.4, 0.5) is 16.0 Å². The van der Waals surface area contributed by atoms with Crippen LogP contribution in [-0.2, 0) is 7.05 Å². The van der Waals surface area contributed by atoms with Gasteiger partial charge in [0.25, 0.3) is 11.6 Å². The fourth-order valence-electron chi connectivity index (χ4n) is 1.32. The topological polar surface area (TPSA) is 129 Å². The first-order valence-corrected chi connectivity index (χ1v) is 5.50. The number of nitro groups is 1. The number of carbonyl (C=O) groups excluding carboxylic acids is 1. The smallest absolute Gasteiger partial charge is 0.287 e. The SMILES string of the molecule is Cn1cc([N+](=O)[O-])cc1C(=O)Nc1nnc(N)s1. The second-order valence-corrected chi connectivity index (χ2v) is 4.36. The molecule has 0 atom stereocenters. The second-order valence-electron chi connectivity index (χ2n) is 3.35. The van der Waals surface area contributed by atoms with Crippen molar-refractivity contribution in [3.05, 3.63) is 28.1 Å². The van der Waals surface area contributed by atoms with Gasteiger partial charge in [-0.2, -0.15) is 0 Å². The molecule has 2 rings (SSSR count). The Kier molecular flexibility index (Phi) is 2.93. The van der Waals surface area contributed by atoms with Crippen molar-refractivity contribution in [2.24, 2.45) is 7.05 Å². The molecule has 94 valence electrons. The zero-order valence-corrected chi connectivity index (χ0v) is 9.97. The van der Waals surface area contributed by atoms with E-state index in [9.17, 15) is 14.9 Å². The van der Waals surface area contributed by atoms with E-state index in [1.807, 2.05) is 0 Å². The normalized spacial score (nSPS) is 10.3. The van der Waals surface area contributed by atoms with Gasteiger partial charge in [-0.3, -0.25) is 20.2 Å². The number of nitrogens with one attached hydrogen (secondary N) is 1. The molecule has 2 aromatic rings. The van der Waals surface area contributed by atoms with Crippen molar-refractivity contribution in [3.8, 4) is 0 Å². The Morgan fingerprint density at radius 1 is 1.61 bits per heavy atom. The molecule has 0 spiro atoms. The number of nitrogen functional groups attached to an aromatic ring is 1. The lowest BCUT2D eigenvalue weighted by molar-refractivity contribution is -0.384. The molecule has 2 heterocycles. The number of amides is 1. The Morgan fingerprint density at radius 3 is 2.83 bits per heavy atom. The molecule has 18 heavy (non-hydrogen) atoms. The summed E-state index contributed by atoms with van der Waals surface area (Å²) in [4.78, 5) is 21.8. The van der Waals surface area contributed by atoms with Crippen molar-refractivity contribution in [3.63, 3.8) is 0 Å². The maximum absolute atomic E-state index is 11.8. The van der Waals surface area contributed by atoms with E-state index in [-0.39, 0.29) is 21.6 Å². The largest absolute Gasteiger partial charge is 0.374 e. The number of anilines is 2. The molecule has 0 bridgehead atoms. The first kappa shape index (κ1) is 12.0. The Labute approximate surface area is 104 Å². The number of aryl methyl sites for hydroxylation is 1. The third kappa shape index (κ3) is 2.27. The summed E-state index contributed by atoms with van der Waals surface area (Å²) in [6, 6.07) is 1.18. The first-order chi connectivity index (χ1) is 8.47. The van der Waals surface area contributed by atoms with Crippen LogP contribution in [0.5, 0.6) is 0 Å². The highest BCUT2D eigenvalue weighted by molar-refractivity contribution is 7.19. The lowest BCUT2D eigenvalue weighted by Gasteiger charge is -2.00. The number of hydrogen-bond donors (Lipinski definition) is 2. The molecule has 1 amide bonds. The summed E-state index contributed by atoms with van der Waals surface area (Å²) in [5, 5.41) is 20.6. The maximum Gasteiger partial charge on any atom is 0.287 e. The van der Waals surface area contributed by atoms with Crippen molar-refractivity contribution in [1.82, 2.24) is 14.8 Å². The molecule has 2 aromatic heterocycles. The van der Waals surface area contributed by atoms with E-state index in [4.69, 9.17) is 5.73 Å². The van der Waals surface area contributed by atoms with Crippen LogP contribution in [-0.4, -0.2) is 25.6 Å². The number of rotatable bonds is 3. The Balaban J connectivity index is 2.21. The molecule has 0 saturated carbocycles. The standard InChI is InChI=1S/C8H8N6O3S/c1-13-3-4(14(16)17)2-5(13)6(15)10-8-12-11-7(9)18-8/h2-3H,1H3,(H2,9,11)(H,10,12,15). The molecule has 0 aliphatic carbocycles. The summed E-state index contributed by atoms with van der Waals surface area (Å²) in [6.07, 6.45) is 1.25. The highest BCUT2D eigenvalue weighted by Crippen LogP contribution is 2.19. The number of aromatic nitrogens is 3. The minimum atomic E-state index is -0.570. The number of carbonyl (C=O) groups is 1. The lowest BCUT2D eigenvalue weighted by atomic mass is 10.4. The van der Waals surface area contributed by atoms with E-state index >= 15 is 0 Å². The molecule has 0 aliphatic rings. The Morgan fingerprint density at radius 2 is 2.33 bits per heavy atom. The van der Waals surface area contributed by atoms with Crippen LogP contribution in [0.1, 0.15) is 10.5 Å².